The van der Waals surface area contributed by atoms with E-state index in [2.05, 4.69) is 12.2 Å². The van der Waals surface area contributed by atoms with E-state index in [1.165, 1.54) is 24.8 Å². The maximum absolute atomic E-state index is 10.6. The summed E-state index contributed by atoms with van der Waals surface area (Å²) in [4.78, 5) is 10.2. The Kier molecular flexibility index (Phi) is 4.31. The first-order valence-corrected chi connectivity index (χ1v) is 6.67. The molecule has 0 radical (unpaired) electrons. The Morgan fingerprint density at radius 3 is 2.50 bits per heavy atom. The molecule has 1 unspecified atom stereocenters. The summed E-state index contributed by atoms with van der Waals surface area (Å²) in [7, 11) is 0. The van der Waals surface area contributed by atoms with Crippen molar-refractivity contribution in [3.8, 4) is 0 Å². The molecule has 1 atom stereocenters. The predicted octanol–water partition coefficient (Wildman–Crippen LogP) is 2.92. The Bertz CT molecular complexity index is 399. The van der Waals surface area contributed by atoms with E-state index in [4.69, 9.17) is 0 Å². The normalized spacial score (nSPS) is 17.2. The van der Waals surface area contributed by atoms with Crippen LogP contribution in [-0.2, 0) is 6.42 Å². The molecule has 0 aliphatic heterocycles. The molecule has 0 amide bonds. The van der Waals surface area contributed by atoms with Crippen LogP contribution in [0.3, 0.4) is 0 Å². The monoisotopic (exact) mass is 248 g/mol. The van der Waals surface area contributed by atoms with Gasteiger partial charge in [0.05, 0.1) is 4.92 Å². The van der Waals surface area contributed by atoms with Crippen LogP contribution < -0.4 is 5.32 Å². The summed E-state index contributed by atoms with van der Waals surface area (Å²) in [6, 6.07) is 7.46. The van der Waals surface area contributed by atoms with Gasteiger partial charge in [-0.25, -0.2) is 0 Å². The average Bonchev–Trinajstić information content (AvgIpc) is 2.27. The zero-order chi connectivity index (χ0) is 13.0. The topological polar surface area (TPSA) is 55.2 Å². The Balaban J connectivity index is 1.99. The first-order chi connectivity index (χ1) is 8.70. The molecule has 1 aromatic carbocycles. The maximum Gasteiger partial charge on any atom is 0.269 e. The summed E-state index contributed by atoms with van der Waals surface area (Å²) in [5.74, 6) is 0.778. The van der Waals surface area contributed by atoms with Crippen LogP contribution in [0.15, 0.2) is 24.3 Å². The van der Waals surface area contributed by atoms with Crippen molar-refractivity contribution in [2.24, 2.45) is 5.92 Å². The Labute approximate surface area is 108 Å². The molecule has 0 aromatic heterocycles. The van der Waals surface area contributed by atoms with E-state index < -0.39 is 0 Å². The second-order valence-electron chi connectivity index (χ2n) is 4.98. The minimum Gasteiger partial charge on any atom is -0.314 e. The molecule has 0 spiro atoms. The summed E-state index contributed by atoms with van der Waals surface area (Å²) in [5.41, 5.74) is 1.35. The van der Waals surface area contributed by atoms with Gasteiger partial charge in [0.25, 0.3) is 5.69 Å². The highest BCUT2D eigenvalue weighted by molar-refractivity contribution is 5.33. The molecule has 1 aliphatic carbocycles. The third-order valence-corrected chi connectivity index (χ3v) is 3.79. The lowest BCUT2D eigenvalue weighted by Gasteiger charge is -2.34. The van der Waals surface area contributed by atoms with Crippen molar-refractivity contribution in [1.82, 2.24) is 5.32 Å². The summed E-state index contributed by atoms with van der Waals surface area (Å²) in [6.45, 7) is 3.11. The maximum atomic E-state index is 10.6. The second kappa shape index (κ2) is 5.96. The largest absolute Gasteiger partial charge is 0.314 e. The highest BCUT2D eigenvalue weighted by Gasteiger charge is 2.26. The molecule has 1 saturated carbocycles. The minimum atomic E-state index is -0.350. The Morgan fingerprint density at radius 2 is 2.06 bits per heavy atom. The third-order valence-electron chi connectivity index (χ3n) is 3.79. The van der Waals surface area contributed by atoms with Crippen LogP contribution in [0.2, 0.25) is 0 Å². The molecule has 0 saturated heterocycles. The van der Waals surface area contributed by atoms with Gasteiger partial charge in [0.15, 0.2) is 0 Å². The Morgan fingerprint density at radius 1 is 1.39 bits per heavy atom. The molecular weight excluding hydrogens is 228 g/mol. The van der Waals surface area contributed by atoms with E-state index >= 15 is 0 Å². The number of nitrogens with one attached hydrogen (secondary N) is 1. The van der Waals surface area contributed by atoms with Gasteiger partial charge in [0, 0.05) is 18.2 Å². The van der Waals surface area contributed by atoms with Crippen LogP contribution in [0.5, 0.6) is 0 Å². The molecule has 1 N–H and O–H groups in total. The molecule has 98 valence electrons. The quantitative estimate of drug-likeness (QED) is 0.622. The number of nitrogens with zero attached hydrogens (tertiary/aromatic N) is 1. The predicted molar refractivity (Wildman–Crippen MR) is 71.6 cm³/mol. The van der Waals surface area contributed by atoms with Crippen molar-refractivity contribution < 1.29 is 4.92 Å². The van der Waals surface area contributed by atoms with Gasteiger partial charge in [-0.15, -0.1) is 0 Å². The average molecular weight is 248 g/mol. The number of non-ortho nitro benzene ring substituents is 1. The summed E-state index contributed by atoms with van der Waals surface area (Å²) in [5, 5.41) is 14.1. The van der Waals surface area contributed by atoms with Crippen molar-refractivity contribution in [1.29, 1.82) is 0 Å². The smallest absolute Gasteiger partial charge is 0.269 e. The van der Waals surface area contributed by atoms with Gasteiger partial charge in [0.2, 0.25) is 0 Å². The number of nitro benzene ring substituents is 1. The molecule has 4 heteroatoms. The summed E-state index contributed by atoms with van der Waals surface area (Å²) >= 11 is 0. The SMILES string of the molecule is CCNC(Cc1ccc([N+](=O)[O-])cc1)C1CCC1. The number of likely N-dealkylation sites (N-methyl/N-ethyl adjacent to an activating group) is 1. The van der Waals surface area contributed by atoms with E-state index in [0.717, 1.165) is 18.9 Å². The molecular formula is C14H20N2O2. The lowest BCUT2D eigenvalue weighted by Crippen LogP contribution is -2.41. The lowest BCUT2D eigenvalue weighted by atomic mass is 9.77. The van der Waals surface area contributed by atoms with E-state index in [-0.39, 0.29) is 10.6 Å². The number of hydrogen-bond acceptors (Lipinski definition) is 3. The van der Waals surface area contributed by atoms with Gasteiger partial charge in [0.1, 0.15) is 0 Å². The molecule has 4 nitrogen and oxygen atoms in total. The lowest BCUT2D eigenvalue weighted by molar-refractivity contribution is -0.384. The van der Waals surface area contributed by atoms with Gasteiger partial charge >= 0.3 is 0 Å². The van der Waals surface area contributed by atoms with E-state index in [1.54, 1.807) is 12.1 Å². The molecule has 1 fully saturated rings. The zero-order valence-electron chi connectivity index (χ0n) is 10.8. The molecule has 2 rings (SSSR count). The number of hydrogen-bond donors (Lipinski definition) is 1. The molecule has 1 aromatic rings. The van der Waals surface area contributed by atoms with Gasteiger partial charge in [-0.3, -0.25) is 10.1 Å². The van der Waals surface area contributed by atoms with Gasteiger partial charge in [-0.05, 0) is 37.3 Å². The fourth-order valence-electron chi connectivity index (χ4n) is 2.52. The Hall–Kier alpha value is -1.42. The molecule has 1 aliphatic rings. The van der Waals surface area contributed by atoms with E-state index in [0.29, 0.717) is 6.04 Å². The van der Waals surface area contributed by atoms with Crippen molar-refractivity contribution >= 4 is 5.69 Å². The van der Waals surface area contributed by atoms with Gasteiger partial charge in [-0.1, -0.05) is 25.5 Å². The van der Waals surface area contributed by atoms with Crippen LogP contribution in [0.25, 0.3) is 0 Å². The van der Waals surface area contributed by atoms with Crippen molar-refractivity contribution in [2.75, 3.05) is 6.54 Å². The fraction of sp³-hybridized carbons (Fsp3) is 0.571. The zero-order valence-corrected chi connectivity index (χ0v) is 10.8. The minimum absolute atomic E-state index is 0.169. The summed E-state index contributed by atoms with van der Waals surface area (Å²) < 4.78 is 0. The van der Waals surface area contributed by atoms with Gasteiger partial charge < -0.3 is 5.32 Å². The van der Waals surface area contributed by atoms with Crippen LogP contribution in [0.1, 0.15) is 31.7 Å². The third kappa shape index (κ3) is 3.07. The number of nitro groups is 1. The molecule has 18 heavy (non-hydrogen) atoms. The van der Waals surface area contributed by atoms with Crippen molar-refractivity contribution in [2.45, 2.75) is 38.6 Å². The number of rotatable bonds is 6. The molecule has 0 bridgehead atoms. The highest BCUT2D eigenvalue weighted by Crippen LogP contribution is 2.31. The van der Waals surface area contributed by atoms with Crippen molar-refractivity contribution in [3.63, 3.8) is 0 Å². The fourth-order valence-corrected chi connectivity index (χ4v) is 2.52. The van der Waals surface area contributed by atoms with Crippen LogP contribution in [0.4, 0.5) is 5.69 Å². The van der Waals surface area contributed by atoms with E-state index in [1.807, 2.05) is 12.1 Å². The van der Waals surface area contributed by atoms with Crippen LogP contribution >= 0.6 is 0 Å². The standard InChI is InChI=1S/C14H20N2O2/c1-2-15-14(12-4-3-5-12)10-11-6-8-13(9-7-11)16(17)18/h6-9,12,14-15H,2-5,10H2,1H3. The molecule has 0 heterocycles. The van der Waals surface area contributed by atoms with E-state index in [9.17, 15) is 10.1 Å². The van der Waals surface area contributed by atoms with Crippen molar-refractivity contribution in [3.05, 3.63) is 39.9 Å². The van der Waals surface area contributed by atoms with Gasteiger partial charge in [-0.2, -0.15) is 0 Å². The van der Waals surface area contributed by atoms with Crippen LogP contribution in [-0.4, -0.2) is 17.5 Å². The van der Waals surface area contributed by atoms with Crippen LogP contribution in [0, 0.1) is 16.0 Å². The second-order valence-corrected chi connectivity index (χ2v) is 4.98. The summed E-state index contributed by atoms with van der Waals surface area (Å²) in [6.07, 6.45) is 4.93. The first-order valence-electron chi connectivity index (χ1n) is 6.67. The first kappa shape index (κ1) is 13.0. The number of benzene rings is 1. The highest BCUT2D eigenvalue weighted by atomic mass is 16.6.